The van der Waals surface area contributed by atoms with Crippen molar-refractivity contribution >= 4 is 5.96 Å². The van der Waals surface area contributed by atoms with Crippen LogP contribution in [0.5, 0.6) is 0 Å². The van der Waals surface area contributed by atoms with Gasteiger partial charge in [0.1, 0.15) is 0 Å². The number of likely N-dealkylation sites (tertiary alicyclic amines) is 1. The van der Waals surface area contributed by atoms with E-state index in [9.17, 15) is 0 Å². The van der Waals surface area contributed by atoms with E-state index in [0.29, 0.717) is 12.5 Å². The van der Waals surface area contributed by atoms with Crippen LogP contribution in [0.1, 0.15) is 25.3 Å². The number of aromatic nitrogens is 1. The molecule has 1 fully saturated rings. The predicted octanol–water partition coefficient (Wildman–Crippen LogP) is 1.63. The maximum atomic E-state index is 6.00. The van der Waals surface area contributed by atoms with Gasteiger partial charge in [0.15, 0.2) is 5.96 Å². The van der Waals surface area contributed by atoms with Gasteiger partial charge in [-0.3, -0.25) is 4.98 Å². The fourth-order valence-electron chi connectivity index (χ4n) is 2.00. The van der Waals surface area contributed by atoms with Crippen LogP contribution in [0.4, 0.5) is 0 Å². The van der Waals surface area contributed by atoms with E-state index >= 15 is 0 Å². The number of rotatable bonds is 2. The van der Waals surface area contributed by atoms with Crippen LogP contribution in [0.25, 0.3) is 0 Å². The number of nitrogens with two attached hydrogens (primary N) is 1. The Bertz CT molecular complexity index is 366. The standard InChI is InChI=1S/C13H20N4/c1-11-4-7-17(8-5-11)13(14)16-10-12-3-2-6-15-9-12/h2-3,6,9,11H,4-5,7-8,10H2,1H3,(H2,14,16). The van der Waals surface area contributed by atoms with Crippen molar-refractivity contribution in [3.05, 3.63) is 30.1 Å². The van der Waals surface area contributed by atoms with E-state index < -0.39 is 0 Å². The second-order valence-corrected chi connectivity index (χ2v) is 4.71. The predicted molar refractivity (Wildman–Crippen MR) is 69.5 cm³/mol. The molecule has 17 heavy (non-hydrogen) atoms. The van der Waals surface area contributed by atoms with Crippen molar-refractivity contribution in [3.8, 4) is 0 Å². The smallest absolute Gasteiger partial charge is 0.191 e. The first kappa shape index (κ1) is 11.9. The Balaban J connectivity index is 1.89. The summed E-state index contributed by atoms with van der Waals surface area (Å²) >= 11 is 0. The van der Waals surface area contributed by atoms with Gasteiger partial charge in [-0.25, -0.2) is 4.99 Å². The maximum absolute atomic E-state index is 6.00. The van der Waals surface area contributed by atoms with Gasteiger partial charge >= 0.3 is 0 Å². The van der Waals surface area contributed by atoms with Crippen LogP contribution < -0.4 is 5.73 Å². The molecule has 0 spiro atoms. The van der Waals surface area contributed by atoms with Crippen LogP contribution >= 0.6 is 0 Å². The third-order valence-corrected chi connectivity index (χ3v) is 3.25. The average Bonchev–Trinajstić information content (AvgIpc) is 2.38. The highest BCUT2D eigenvalue weighted by Crippen LogP contribution is 2.15. The average molecular weight is 232 g/mol. The number of aliphatic imine (C=N–C) groups is 1. The van der Waals surface area contributed by atoms with Crippen molar-refractivity contribution in [3.63, 3.8) is 0 Å². The Morgan fingerprint density at radius 3 is 2.94 bits per heavy atom. The summed E-state index contributed by atoms with van der Waals surface area (Å²) < 4.78 is 0. The fraction of sp³-hybridized carbons (Fsp3) is 0.538. The van der Waals surface area contributed by atoms with Crippen molar-refractivity contribution < 1.29 is 0 Å². The van der Waals surface area contributed by atoms with Gasteiger partial charge in [-0.05, 0) is 30.4 Å². The molecule has 92 valence electrons. The molecule has 1 aromatic rings. The van der Waals surface area contributed by atoms with Crippen LogP contribution in [0.15, 0.2) is 29.5 Å². The van der Waals surface area contributed by atoms with E-state index in [1.54, 1.807) is 6.20 Å². The molecule has 1 aliphatic heterocycles. The molecular weight excluding hydrogens is 212 g/mol. The molecule has 0 aromatic carbocycles. The molecular formula is C13H20N4. The summed E-state index contributed by atoms with van der Waals surface area (Å²) in [5.41, 5.74) is 7.10. The lowest BCUT2D eigenvalue weighted by atomic mass is 10.00. The van der Waals surface area contributed by atoms with Crippen molar-refractivity contribution in [1.82, 2.24) is 9.88 Å². The van der Waals surface area contributed by atoms with E-state index in [1.807, 2.05) is 18.3 Å². The van der Waals surface area contributed by atoms with E-state index in [0.717, 1.165) is 24.6 Å². The van der Waals surface area contributed by atoms with E-state index in [4.69, 9.17) is 5.73 Å². The summed E-state index contributed by atoms with van der Waals surface area (Å²) in [5, 5.41) is 0. The molecule has 4 heteroatoms. The van der Waals surface area contributed by atoms with Gasteiger partial charge in [-0.1, -0.05) is 13.0 Å². The van der Waals surface area contributed by atoms with Gasteiger partial charge in [0.2, 0.25) is 0 Å². The number of hydrogen-bond acceptors (Lipinski definition) is 2. The van der Waals surface area contributed by atoms with Gasteiger partial charge in [0.25, 0.3) is 0 Å². The molecule has 4 nitrogen and oxygen atoms in total. The molecule has 0 atom stereocenters. The largest absolute Gasteiger partial charge is 0.370 e. The summed E-state index contributed by atoms with van der Waals surface area (Å²) in [6.45, 7) is 4.97. The number of nitrogens with zero attached hydrogens (tertiary/aromatic N) is 3. The molecule has 1 aromatic heterocycles. The highest BCUT2D eigenvalue weighted by atomic mass is 15.3. The van der Waals surface area contributed by atoms with Crippen LogP contribution in [-0.4, -0.2) is 28.9 Å². The maximum Gasteiger partial charge on any atom is 0.191 e. The monoisotopic (exact) mass is 232 g/mol. The molecule has 2 rings (SSSR count). The lowest BCUT2D eigenvalue weighted by Crippen LogP contribution is -2.42. The number of guanidine groups is 1. The zero-order valence-electron chi connectivity index (χ0n) is 10.3. The summed E-state index contributed by atoms with van der Waals surface area (Å²) in [4.78, 5) is 10.7. The Hall–Kier alpha value is -1.58. The zero-order valence-corrected chi connectivity index (χ0v) is 10.3. The van der Waals surface area contributed by atoms with Crippen molar-refractivity contribution in [2.24, 2.45) is 16.6 Å². The SMILES string of the molecule is CC1CCN(C(N)=NCc2cccnc2)CC1. The van der Waals surface area contributed by atoms with Crippen molar-refractivity contribution in [2.45, 2.75) is 26.3 Å². The second-order valence-electron chi connectivity index (χ2n) is 4.71. The highest BCUT2D eigenvalue weighted by molar-refractivity contribution is 5.78. The van der Waals surface area contributed by atoms with Gasteiger partial charge in [0, 0.05) is 25.5 Å². The Labute approximate surface area is 103 Å². The quantitative estimate of drug-likeness (QED) is 0.623. The molecule has 2 heterocycles. The van der Waals surface area contributed by atoms with Gasteiger partial charge in [-0.15, -0.1) is 0 Å². The third kappa shape index (κ3) is 3.44. The van der Waals surface area contributed by atoms with Crippen LogP contribution in [0.2, 0.25) is 0 Å². The number of pyridine rings is 1. The molecule has 2 N–H and O–H groups in total. The van der Waals surface area contributed by atoms with Crippen LogP contribution in [-0.2, 0) is 6.54 Å². The minimum absolute atomic E-state index is 0.617. The first-order chi connectivity index (χ1) is 8.25. The number of hydrogen-bond donors (Lipinski definition) is 1. The van der Waals surface area contributed by atoms with Gasteiger partial charge in [-0.2, -0.15) is 0 Å². The van der Waals surface area contributed by atoms with Crippen molar-refractivity contribution in [1.29, 1.82) is 0 Å². The molecule has 1 aliphatic rings. The van der Waals surface area contributed by atoms with Crippen molar-refractivity contribution in [2.75, 3.05) is 13.1 Å². The first-order valence-corrected chi connectivity index (χ1v) is 6.19. The fourth-order valence-corrected chi connectivity index (χ4v) is 2.00. The minimum atomic E-state index is 0.617. The van der Waals surface area contributed by atoms with E-state index in [-0.39, 0.29) is 0 Å². The Kier molecular flexibility index (Phi) is 3.96. The molecule has 0 unspecified atom stereocenters. The van der Waals surface area contributed by atoms with Crippen LogP contribution in [0.3, 0.4) is 0 Å². The number of piperidine rings is 1. The van der Waals surface area contributed by atoms with E-state index in [2.05, 4.69) is 21.8 Å². The van der Waals surface area contributed by atoms with E-state index in [1.165, 1.54) is 12.8 Å². The summed E-state index contributed by atoms with van der Waals surface area (Å²) in [6, 6.07) is 3.94. The lowest BCUT2D eigenvalue weighted by Gasteiger charge is -2.31. The highest BCUT2D eigenvalue weighted by Gasteiger charge is 2.16. The summed E-state index contributed by atoms with van der Waals surface area (Å²) in [7, 11) is 0. The first-order valence-electron chi connectivity index (χ1n) is 6.19. The minimum Gasteiger partial charge on any atom is -0.370 e. The zero-order chi connectivity index (χ0) is 12.1. The summed E-state index contributed by atoms with van der Waals surface area (Å²) in [6.07, 6.45) is 6.02. The molecule has 0 radical (unpaired) electrons. The van der Waals surface area contributed by atoms with Gasteiger partial charge in [0.05, 0.1) is 6.54 Å². The third-order valence-electron chi connectivity index (χ3n) is 3.25. The summed E-state index contributed by atoms with van der Waals surface area (Å²) in [5.74, 6) is 1.48. The molecule has 0 bridgehead atoms. The Morgan fingerprint density at radius 2 is 2.29 bits per heavy atom. The van der Waals surface area contributed by atoms with Crippen LogP contribution in [0, 0.1) is 5.92 Å². The normalized spacial score (nSPS) is 18.4. The Morgan fingerprint density at radius 1 is 1.53 bits per heavy atom. The topological polar surface area (TPSA) is 54.5 Å². The molecule has 0 aliphatic carbocycles. The molecule has 0 amide bonds. The molecule has 0 saturated carbocycles. The second kappa shape index (κ2) is 5.66. The van der Waals surface area contributed by atoms with Gasteiger partial charge < -0.3 is 10.6 Å². The molecule has 1 saturated heterocycles. The lowest BCUT2D eigenvalue weighted by molar-refractivity contribution is 0.277.